The zero-order valence-corrected chi connectivity index (χ0v) is 14.2. The summed E-state index contributed by atoms with van der Waals surface area (Å²) in [4.78, 5) is 0. The summed E-state index contributed by atoms with van der Waals surface area (Å²) in [5.41, 5.74) is 1.24. The van der Waals surface area contributed by atoms with E-state index in [-0.39, 0.29) is 18.3 Å². The summed E-state index contributed by atoms with van der Waals surface area (Å²) in [6.45, 7) is 6.36. The second-order valence-electron chi connectivity index (χ2n) is 5.66. The summed E-state index contributed by atoms with van der Waals surface area (Å²) >= 11 is 3.63. The van der Waals surface area contributed by atoms with Crippen LogP contribution in [0.5, 0.6) is 5.75 Å². The molecule has 0 amide bonds. The van der Waals surface area contributed by atoms with E-state index in [1.165, 1.54) is 5.56 Å². The van der Waals surface area contributed by atoms with E-state index in [0.717, 1.165) is 23.1 Å². The number of benzene rings is 1. The average Bonchev–Trinajstić information content (AvgIpc) is 2.36. The molecule has 3 atom stereocenters. The summed E-state index contributed by atoms with van der Waals surface area (Å²) in [6.07, 6.45) is 2.70. The zero-order chi connectivity index (χ0) is 14.7. The highest BCUT2D eigenvalue weighted by Gasteiger charge is 2.25. The fourth-order valence-corrected chi connectivity index (χ4v) is 3.42. The van der Waals surface area contributed by atoms with Crippen LogP contribution >= 0.6 is 15.9 Å². The first-order valence-electron chi connectivity index (χ1n) is 7.28. The van der Waals surface area contributed by atoms with Gasteiger partial charge in [0.05, 0.1) is 12.2 Å². The second kappa shape index (κ2) is 6.92. The number of ether oxygens (including phenoxy) is 2. The molecule has 0 saturated carbocycles. The van der Waals surface area contributed by atoms with Crippen LogP contribution in [-0.2, 0) is 4.74 Å². The smallest absolute Gasteiger partial charge is 0.120 e. The van der Waals surface area contributed by atoms with Crippen molar-refractivity contribution in [2.45, 2.75) is 58.0 Å². The molecular formula is C16H24BrNO2. The Hall–Kier alpha value is -0.580. The van der Waals surface area contributed by atoms with Crippen molar-refractivity contribution in [3.63, 3.8) is 0 Å². The fourth-order valence-electron chi connectivity index (χ4n) is 2.72. The molecule has 1 aromatic carbocycles. The molecule has 1 fully saturated rings. The number of hydrogen-bond acceptors (Lipinski definition) is 3. The van der Waals surface area contributed by atoms with Gasteiger partial charge in [0.15, 0.2) is 0 Å². The van der Waals surface area contributed by atoms with Gasteiger partial charge >= 0.3 is 0 Å². The third-order valence-electron chi connectivity index (χ3n) is 3.83. The van der Waals surface area contributed by atoms with Gasteiger partial charge in [-0.2, -0.15) is 0 Å². The van der Waals surface area contributed by atoms with Gasteiger partial charge in [-0.05, 0) is 45.5 Å². The van der Waals surface area contributed by atoms with E-state index in [9.17, 15) is 0 Å². The lowest BCUT2D eigenvalue weighted by molar-refractivity contribution is -0.0721. The van der Waals surface area contributed by atoms with Crippen molar-refractivity contribution in [2.75, 3.05) is 7.05 Å². The van der Waals surface area contributed by atoms with Crippen molar-refractivity contribution in [1.82, 2.24) is 5.32 Å². The van der Waals surface area contributed by atoms with Crippen LogP contribution in [0.4, 0.5) is 0 Å². The van der Waals surface area contributed by atoms with Crippen LogP contribution in [0.15, 0.2) is 22.7 Å². The molecule has 20 heavy (non-hydrogen) atoms. The Morgan fingerprint density at radius 1 is 1.30 bits per heavy atom. The lowest BCUT2D eigenvalue weighted by Gasteiger charge is -2.32. The first-order valence-corrected chi connectivity index (χ1v) is 8.07. The summed E-state index contributed by atoms with van der Waals surface area (Å²) in [5.74, 6) is 0.926. The van der Waals surface area contributed by atoms with E-state index >= 15 is 0 Å². The quantitative estimate of drug-likeness (QED) is 0.895. The Labute approximate surface area is 130 Å². The fraction of sp³-hybridized carbons (Fsp3) is 0.625. The van der Waals surface area contributed by atoms with Gasteiger partial charge in [0.1, 0.15) is 11.9 Å². The molecule has 1 heterocycles. The maximum Gasteiger partial charge on any atom is 0.120 e. The van der Waals surface area contributed by atoms with Crippen LogP contribution in [0.1, 0.15) is 45.2 Å². The second-order valence-corrected chi connectivity index (χ2v) is 6.52. The van der Waals surface area contributed by atoms with Crippen LogP contribution in [0.2, 0.25) is 0 Å². The monoisotopic (exact) mass is 341 g/mol. The lowest BCUT2D eigenvalue weighted by Crippen LogP contribution is -2.35. The molecule has 4 heteroatoms. The Bertz CT molecular complexity index is 442. The third kappa shape index (κ3) is 3.96. The van der Waals surface area contributed by atoms with E-state index in [1.54, 1.807) is 0 Å². The van der Waals surface area contributed by atoms with E-state index in [1.807, 2.05) is 7.05 Å². The van der Waals surface area contributed by atoms with Crippen molar-refractivity contribution < 1.29 is 9.47 Å². The molecular weight excluding hydrogens is 318 g/mol. The van der Waals surface area contributed by atoms with E-state index < -0.39 is 0 Å². The molecule has 0 bridgehead atoms. The van der Waals surface area contributed by atoms with E-state index in [0.29, 0.717) is 6.04 Å². The molecule has 0 radical (unpaired) electrons. The maximum atomic E-state index is 6.11. The molecule has 0 spiro atoms. The molecule has 112 valence electrons. The number of rotatable bonds is 4. The van der Waals surface area contributed by atoms with Gasteiger partial charge in [-0.3, -0.25) is 0 Å². The Morgan fingerprint density at radius 3 is 2.50 bits per heavy atom. The first-order chi connectivity index (χ1) is 9.49. The number of halogens is 1. The average molecular weight is 342 g/mol. The molecule has 1 aliphatic heterocycles. The maximum absolute atomic E-state index is 6.11. The molecule has 1 saturated heterocycles. The molecule has 1 N–H and O–H groups in total. The highest BCUT2D eigenvalue weighted by molar-refractivity contribution is 9.10. The highest BCUT2D eigenvalue weighted by Crippen LogP contribution is 2.30. The Morgan fingerprint density at radius 2 is 1.95 bits per heavy atom. The molecule has 3 nitrogen and oxygen atoms in total. The van der Waals surface area contributed by atoms with Gasteiger partial charge in [-0.25, -0.2) is 0 Å². The number of hydrogen-bond donors (Lipinski definition) is 1. The van der Waals surface area contributed by atoms with Crippen LogP contribution in [0, 0.1) is 0 Å². The first kappa shape index (κ1) is 15.8. The molecule has 2 rings (SSSR count). The summed E-state index contributed by atoms with van der Waals surface area (Å²) < 4.78 is 12.9. The molecule has 1 aromatic rings. The number of nitrogens with one attached hydrogen (secondary N) is 1. The van der Waals surface area contributed by atoms with E-state index in [2.05, 4.69) is 60.2 Å². The van der Waals surface area contributed by atoms with E-state index in [4.69, 9.17) is 9.47 Å². The molecule has 0 aliphatic carbocycles. The summed E-state index contributed by atoms with van der Waals surface area (Å²) in [7, 11) is 1.96. The standard InChI is InChI=1S/C16H24BrNO2/c1-10-7-14(8-11(2)19-10)20-13-5-6-15(12(3)18-4)16(17)9-13/h5-6,9-12,14,18H,7-8H2,1-4H3. The van der Waals surface area contributed by atoms with Crippen molar-refractivity contribution >= 4 is 15.9 Å². The lowest BCUT2D eigenvalue weighted by atomic mass is 10.0. The van der Waals surface area contributed by atoms with Crippen LogP contribution in [0.25, 0.3) is 0 Å². The Kier molecular flexibility index (Phi) is 5.47. The normalized spacial score (nSPS) is 28.1. The predicted molar refractivity (Wildman–Crippen MR) is 85.3 cm³/mol. The topological polar surface area (TPSA) is 30.5 Å². The van der Waals surface area contributed by atoms with Gasteiger partial charge in [0.25, 0.3) is 0 Å². The van der Waals surface area contributed by atoms with Gasteiger partial charge in [0.2, 0.25) is 0 Å². The van der Waals surface area contributed by atoms with Crippen molar-refractivity contribution in [3.05, 3.63) is 28.2 Å². The SMILES string of the molecule is CNC(C)c1ccc(OC2CC(C)OC(C)C2)cc1Br. The minimum Gasteiger partial charge on any atom is -0.490 e. The molecule has 3 unspecified atom stereocenters. The summed E-state index contributed by atoms with van der Waals surface area (Å²) in [5, 5.41) is 3.25. The van der Waals surface area contributed by atoms with Crippen LogP contribution in [0.3, 0.4) is 0 Å². The zero-order valence-electron chi connectivity index (χ0n) is 12.7. The molecule has 1 aliphatic rings. The highest BCUT2D eigenvalue weighted by atomic mass is 79.9. The van der Waals surface area contributed by atoms with Gasteiger partial charge in [-0.15, -0.1) is 0 Å². The van der Waals surface area contributed by atoms with Crippen molar-refractivity contribution in [3.8, 4) is 5.75 Å². The van der Waals surface area contributed by atoms with Crippen LogP contribution < -0.4 is 10.1 Å². The molecule has 0 aromatic heterocycles. The third-order valence-corrected chi connectivity index (χ3v) is 4.52. The summed E-state index contributed by atoms with van der Waals surface area (Å²) in [6, 6.07) is 6.56. The minimum absolute atomic E-state index is 0.244. The van der Waals surface area contributed by atoms with Gasteiger partial charge in [-0.1, -0.05) is 22.0 Å². The largest absolute Gasteiger partial charge is 0.490 e. The van der Waals surface area contributed by atoms with Crippen LogP contribution in [-0.4, -0.2) is 25.4 Å². The van der Waals surface area contributed by atoms with Gasteiger partial charge < -0.3 is 14.8 Å². The predicted octanol–water partition coefficient (Wildman–Crippen LogP) is 4.06. The minimum atomic E-state index is 0.244. The van der Waals surface area contributed by atoms with Crippen molar-refractivity contribution in [2.24, 2.45) is 0 Å². The van der Waals surface area contributed by atoms with Crippen molar-refractivity contribution in [1.29, 1.82) is 0 Å². The Balaban J connectivity index is 2.05. The van der Waals surface area contributed by atoms with Gasteiger partial charge in [0, 0.05) is 23.4 Å².